The van der Waals surface area contributed by atoms with Crippen molar-refractivity contribution in [2.75, 3.05) is 12.3 Å². The molecule has 0 unspecified atom stereocenters. The van der Waals surface area contributed by atoms with Crippen molar-refractivity contribution >= 4 is 27.7 Å². The van der Waals surface area contributed by atoms with E-state index in [4.69, 9.17) is 5.73 Å². The van der Waals surface area contributed by atoms with E-state index >= 15 is 0 Å². The highest BCUT2D eigenvalue weighted by atomic mass is 79.9. The third kappa shape index (κ3) is 3.23. The minimum Gasteiger partial charge on any atom is -0.330 e. The molecule has 5 heteroatoms. The van der Waals surface area contributed by atoms with Gasteiger partial charge in [-0.1, -0.05) is 6.92 Å². The number of halogens is 1. The Bertz CT molecular complexity index is 312. The number of rotatable bonds is 6. The quantitative estimate of drug-likeness (QED) is 0.819. The van der Waals surface area contributed by atoms with Gasteiger partial charge in [-0.25, -0.2) is 0 Å². The van der Waals surface area contributed by atoms with Crippen LogP contribution < -0.4 is 5.73 Å². The van der Waals surface area contributed by atoms with E-state index in [1.54, 1.807) is 0 Å². The Kier molecular flexibility index (Phi) is 5.71. The van der Waals surface area contributed by atoms with Gasteiger partial charge >= 0.3 is 0 Å². The Morgan fingerprint density at radius 3 is 2.73 bits per heavy atom. The summed E-state index contributed by atoms with van der Waals surface area (Å²) in [7, 11) is 0. The van der Waals surface area contributed by atoms with E-state index in [0.29, 0.717) is 0 Å². The van der Waals surface area contributed by atoms with Gasteiger partial charge < -0.3 is 5.73 Å². The lowest BCUT2D eigenvalue weighted by Gasteiger charge is -2.04. The van der Waals surface area contributed by atoms with Crippen molar-refractivity contribution < 1.29 is 0 Å². The summed E-state index contributed by atoms with van der Waals surface area (Å²) in [6.07, 6.45) is 0.974. The van der Waals surface area contributed by atoms with E-state index in [9.17, 15) is 0 Å². The second-order valence-corrected chi connectivity index (χ2v) is 5.12. The number of thioether (sulfide) groups is 1. The van der Waals surface area contributed by atoms with E-state index in [2.05, 4.69) is 39.6 Å². The number of hydrogen-bond donors (Lipinski definition) is 1. The highest BCUT2D eigenvalue weighted by Crippen LogP contribution is 2.25. The van der Waals surface area contributed by atoms with Gasteiger partial charge in [0.05, 0.1) is 15.9 Å². The molecule has 0 aromatic carbocycles. The van der Waals surface area contributed by atoms with E-state index in [1.807, 2.05) is 11.8 Å². The van der Waals surface area contributed by atoms with Crippen LogP contribution in [0.1, 0.15) is 25.2 Å². The fourth-order valence-corrected chi connectivity index (χ4v) is 3.10. The molecule has 0 saturated carbocycles. The summed E-state index contributed by atoms with van der Waals surface area (Å²) in [6.45, 7) is 5.92. The van der Waals surface area contributed by atoms with Crippen LogP contribution in [0.15, 0.2) is 4.47 Å². The monoisotopic (exact) mass is 291 g/mol. The Hall–Kier alpha value is -0.0000000000000000555. The van der Waals surface area contributed by atoms with Gasteiger partial charge in [0, 0.05) is 24.6 Å². The fraction of sp³-hybridized carbons (Fsp3) is 0.700. The Labute approximate surface area is 104 Å². The molecule has 0 saturated heterocycles. The smallest absolute Gasteiger partial charge is 0.0767 e. The predicted octanol–water partition coefficient (Wildman–Crippen LogP) is 2.42. The molecule has 86 valence electrons. The largest absolute Gasteiger partial charge is 0.330 e. The van der Waals surface area contributed by atoms with Crippen LogP contribution in [0.3, 0.4) is 0 Å². The molecular formula is C10H18BrN3S. The first-order valence-corrected chi connectivity index (χ1v) is 7.21. The maximum Gasteiger partial charge on any atom is 0.0767 e. The SMILES string of the molecule is CCc1nn(CC)c(CSCCN)c1Br. The zero-order valence-electron chi connectivity index (χ0n) is 9.29. The van der Waals surface area contributed by atoms with E-state index in [1.165, 1.54) is 10.2 Å². The van der Waals surface area contributed by atoms with Gasteiger partial charge in [0.1, 0.15) is 0 Å². The molecule has 1 aromatic rings. The number of nitrogens with zero attached hydrogens (tertiary/aromatic N) is 2. The van der Waals surface area contributed by atoms with Crippen LogP contribution in [0.25, 0.3) is 0 Å². The molecule has 0 amide bonds. The summed E-state index contributed by atoms with van der Waals surface area (Å²) < 4.78 is 3.25. The minimum absolute atomic E-state index is 0.739. The van der Waals surface area contributed by atoms with Gasteiger partial charge in [-0.05, 0) is 29.3 Å². The van der Waals surface area contributed by atoms with E-state index in [0.717, 1.165) is 36.7 Å². The topological polar surface area (TPSA) is 43.8 Å². The molecule has 3 nitrogen and oxygen atoms in total. The van der Waals surface area contributed by atoms with Crippen LogP contribution in [0.4, 0.5) is 0 Å². The van der Waals surface area contributed by atoms with Gasteiger partial charge in [0.15, 0.2) is 0 Å². The third-order valence-corrected chi connectivity index (χ3v) is 4.11. The lowest BCUT2D eigenvalue weighted by Crippen LogP contribution is -2.05. The highest BCUT2D eigenvalue weighted by Gasteiger charge is 2.12. The van der Waals surface area contributed by atoms with Crippen LogP contribution in [0.5, 0.6) is 0 Å². The zero-order chi connectivity index (χ0) is 11.3. The molecule has 1 rings (SSSR count). The first kappa shape index (κ1) is 13.1. The lowest BCUT2D eigenvalue weighted by molar-refractivity contribution is 0.627. The minimum atomic E-state index is 0.739. The van der Waals surface area contributed by atoms with Crippen molar-refractivity contribution in [3.8, 4) is 0 Å². The van der Waals surface area contributed by atoms with Crippen molar-refractivity contribution in [2.24, 2.45) is 5.73 Å². The summed E-state index contributed by atoms with van der Waals surface area (Å²) in [5, 5.41) is 4.55. The summed E-state index contributed by atoms with van der Waals surface area (Å²) in [6, 6.07) is 0. The van der Waals surface area contributed by atoms with Crippen molar-refractivity contribution in [1.82, 2.24) is 9.78 Å². The Morgan fingerprint density at radius 1 is 1.47 bits per heavy atom. The molecule has 0 fully saturated rings. The van der Waals surface area contributed by atoms with Gasteiger partial charge in [0.2, 0.25) is 0 Å². The standard InChI is InChI=1S/C10H18BrN3S/c1-3-8-10(11)9(7-15-6-5-12)14(4-2)13-8/h3-7,12H2,1-2H3. The highest BCUT2D eigenvalue weighted by molar-refractivity contribution is 9.10. The molecule has 0 aliphatic rings. The first-order valence-electron chi connectivity index (χ1n) is 5.26. The second-order valence-electron chi connectivity index (χ2n) is 3.22. The predicted molar refractivity (Wildman–Crippen MR) is 70.2 cm³/mol. The maximum atomic E-state index is 5.48. The summed E-state index contributed by atoms with van der Waals surface area (Å²) in [5.41, 5.74) is 7.92. The van der Waals surface area contributed by atoms with Crippen molar-refractivity contribution in [3.05, 3.63) is 15.9 Å². The molecule has 1 heterocycles. The second kappa shape index (κ2) is 6.55. The van der Waals surface area contributed by atoms with Gasteiger partial charge in [0.25, 0.3) is 0 Å². The van der Waals surface area contributed by atoms with Gasteiger partial charge in [-0.15, -0.1) is 0 Å². The van der Waals surface area contributed by atoms with Crippen LogP contribution in [-0.2, 0) is 18.7 Å². The lowest BCUT2D eigenvalue weighted by atomic mass is 10.3. The Balaban J connectivity index is 2.78. The molecule has 0 radical (unpaired) electrons. The summed E-state index contributed by atoms with van der Waals surface area (Å²) in [5.74, 6) is 1.99. The number of hydrogen-bond acceptors (Lipinski definition) is 3. The van der Waals surface area contributed by atoms with Crippen molar-refractivity contribution in [2.45, 2.75) is 32.6 Å². The number of aryl methyl sites for hydroxylation is 2. The van der Waals surface area contributed by atoms with E-state index in [-0.39, 0.29) is 0 Å². The van der Waals surface area contributed by atoms with Crippen molar-refractivity contribution in [1.29, 1.82) is 0 Å². The first-order chi connectivity index (χ1) is 7.24. The summed E-state index contributed by atoms with van der Waals surface area (Å²) >= 11 is 5.49. The average Bonchev–Trinajstić information content (AvgIpc) is 2.56. The van der Waals surface area contributed by atoms with Crippen LogP contribution in [0.2, 0.25) is 0 Å². The molecule has 2 N–H and O–H groups in total. The molecule has 1 aromatic heterocycles. The average molecular weight is 292 g/mol. The molecule has 0 aliphatic heterocycles. The Morgan fingerprint density at radius 2 is 2.20 bits per heavy atom. The number of aromatic nitrogens is 2. The normalized spacial score (nSPS) is 10.9. The van der Waals surface area contributed by atoms with Crippen LogP contribution in [0, 0.1) is 0 Å². The zero-order valence-corrected chi connectivity index (χ0v) is 11.7. The van der Waals surface area contributed by atoms with Gasteiger partial charge in [-0.3, -0.25) is 4.68 Å². The van der Waals surface area contributed by atoms with Crippen LogP contribution in [-0.4, -0.2) is 22.1 Å². The molecule has 15 heavy (non-hydrogen) atoms. The molecule has 0 bridgehead atoms. The van der Waals surface area contributed by atoms with E-state index < -0.39 is 0 Å². The molecular weight excluding hydrogens is 274 g/mol. The summed E-state index contributed by atoms with van der Waals surface area (Å²) in [4.78, 5) is 0. The van der Waals surface area contributed by atoms with Crippen LogP contribution >= 0.6 is 27.7 Å². The fourth-order valence-electron chi connectivity index (χ4n) is 1.41. The molecule has 0 aliphatic carbocycles. The molecule has 0 atom stereocenters. The number of nitrogens with two attached hydrogens (primary N) is 1. The molecule has 0 spiro atoms. The van der Waals surface area contributed by atoms with Gasteiger partial charge in [-0.2, -0.15) is 16.9 Å². The maximum absolute atomic E-state index is 5.48. The van der Waals surface area contributed by atoms with Crippen molar-refractivity contribution in [3.63, 3.8) is 0 Å². The third-order valence-electron chi connectivity index (χ3n) is 2.20.